The molecule has 1 aliphatic rings. The number of aromatic nitrogens is 4. The molecule has 3 N–H and O–H groups in total. The summed E-state index contributed by atoms with van der Waals surface area (Å²) in [4.78, 5) is 26.9. The van der Waals surface area contributed by atoms with Gasteiger partial charge in [0.1, 0.15) is 11.2 Å². The Hall–Kier alpha value is -3.11. The van der Waals surface area contributed by atoms with Crippen LogP contribution in [-0.2, 0) is 11.3 Å². The summed E-state index contributed by atoms with van der Waals surface area (Å²) in [5.41, 5.74) is 7.88. The van der Waals surface area contributed by atoms with Gasteiger partial charge in [0.05, 0.1) is 5.69 Å². The number of rotatable bonds is 6. The van der Waals surface area contributed by atoms with Crippen molar-refractivity contribution >= 4 is 28.8 Å². The van der Waals surface area contributed by atoms with Crippen molar-refractivity contribution in [2.24, 2.45) is 11.7 Å². The Kier molecular flexibility index (Phi) is 5.63. The maximum absolute atomic E-state index is 12.8. The highest BCUT2D eigenvalue weighted by Crippen LogP contribution is 2.23. The van der Waals surface area contributed by atoms with Gasteiger partial charge in [-0.15, -0.1) is 16.4 Å². The normalized spacial score (nSPS) is 15.3. The molecule has 3 heterocycles. The van der Waals surface area contributed by atoms with Gasteiger partial charge in [-0.2, -0.15) is 4.68 Å². The summed E-state index contributed by atoms with van der Waals surface area (Å²) in [5.74, 6) is -0.425. The first-order valence-corrected chi connectivity index (χ1v) is 10.2. The molecule has 0 spiro atoms. The maximum Gasteiger partial charge on any atom is 0.267 e. The maximum atomic E-state index is 12.8. The molecule has 0 atom stereocenters. The molecule has 3 aromatic rings. The molecule has 1 saturated heterocycles. The van der Waals surface area contributed by atoms with Crippen LogP contribution in [0.4, 0.5) is 5.69 Å². The van der Waals surface area contributed by atoms with Crippen LogP contribution in [0.15, 0.2) is 42.0 Å². The number of amides is 2. The average Bonchev–Trinajstić information content (AvgIpc) is 3.40. The Balaban J connectivity index is 1.40. The van der Waals surface area contributed by atoms with Gasteiger partial charge in [-0.1, -0.05) is 12.1 Å². The van der Waals surface area contributed by atoms with Crippen molar-refractivity contribution in [1.82, 2.24) is 25.1 Å². The van der Waals surface area contributed by atoms with Crippen LogP contribution in [0.5, 0.6) is 0 Å². The van der Waals surface area contributed by atoms with Crippen LogP contribution in [0.2, 0.25) is 0 Å². The molecule has 0 saturated carbocycles. The van der Waals surface area contributed by atoms with Crippen molar-refractivity contribution in [3.05, 3.63) is 52.5 Å². The molecule has 2 amide bonds. The zero-order valence-electron chi connectivity index (χ0n) is 15.7. The Morgan fingerprint density at radius 3 is 2.79 bits per heavy atom. The fourth-order valence-corrected chi connectivity index (χ4v) is 4.27. The molecular formula is C19H21N7O2S. The Morgan fingerprint density at radius 2 is 2.07 bits per heavy atom. The quantitative estimate of drug-likeness (QED) is 0.637. The molecule has 2 aromatic heterocycles. The van der Waals surface area contributed by atoms with Crippen molar-refractivity contribution in [2.45, 2.75) is 19.4 Å². The summed E-state index contributed by atoms with van der Waals surface area (Å²) in [6, 6.07) is 9.61. The second-order valence-corrected chi connectivity index (χ2v) is 7.91. The van der Waals surface area contributed by atoms with Crippen LogP contribution in [-0.4, -0.2) is 50.0 Å². The van der Waals surface area contributed by atoms with E-state index in [-0.39, 0.29) is 17.7 Å². The molecule has 150 valence electrons. The lowest BCUT2D eigenvalue weighted by atomic mass is 9.96. The van der Waals surface area contributed by atoms with Crippen molar-refractivity contribution in [3.63, 3.8) is 0 Å². The van der Waals surface area contributed by atoms with E-state index in [0.29, 0.717) is 10.6 Å². The van der Waals surface area contributed by atoms with E-state index in [1.54, 1.807) is 0 Å². The van der Waals surface area contributed by atoms with Crippen molar-refractivity contribution in [1.29, 1.82) is 0 Å². The van der Waals surface area contributed by atoms with Gasteiger partial charge in [-0.3, -0.25) is 14.5 Å². The minimum Gasteiger partial charge on any atom is -0.369 e. The number of anilines is 1. The fraction of sp³-hybridized carbons (Fsp3) is 0.316. The molecule has 10 heteroatoms. The summed E-state index contributed by atoms with van der Waals surface area (Å²) < 4.78 is 1.47. The summed E-state index contributed by atoms with van der Waals surface area (Å²) in [5, 5.41) is 15.9. The largest absolute Gasteiger partial charge is 0.369 e. The number of hydrogen-bond acceptors (Lipinski definition) is 7. The third kappa shape index (κ3) is 4.49. The minimum atomic E-state index is -0.205. The monoisotopic (exact) mass is 411 g/mol. The Bertz CT molecular complexity index is 994. The van der Waals surface area contributed by atoms with E-state index in [4.69, 9.17) is 5.73 Å². The third-order valence-electron chi connectivity index (χ3n) is 5.03. The standard InChI is InChI=1S/C19H21N7O2S/c20-18(27)14-4-7-25(8-5-14)11-13-2-1-3-15(10-13)22-19(28)17-16(6-9-29-17)26-12-21-23-24-26/h1-3,6,9-10,12,14H,4-5,7-8,11H2,(H2,20,27)(H,22,28). The Labute approximate surface area is 171 Å². The smallest absolute Gasteiger partial charge is 0.267 e. The van der Waals surface area contributed by atoms with Crippen molar-refractivity contribution in [2.75, 3.05) is 18.4 Å². The first kappa shape index (κ1) is 19.2. The number of hydrogen-bond donors (Lipinski definition) is 2. The summed E-state index contributed by atoms with van der Waals surface area (Å²) >= 11 is 1.34. The number of nitrogens with one attached hydrogen (secondary N) is 1. The molecule has 1 fully saturated rings. The van der Waals surface area contributed by atoms with Crippen LogP contribution < -0.4 is 11.1 Å². The molecular weight excluding hydrogens is 390 g/mol. The lowest BCUT2D eigenvalue weighted by Gasteiger charge is -2.30. The zero-order valence-corrected chi connectivity index (χ0v) is 16.5. The molecule has 0 bridgehead atoms. The van der Waals surface area contributed by atoms with Gasteiger partial charge in [0, 0.05) is 18.2 Å². The zero-order chi connectivity index (χ0) is 20.2. The molecule has 1 aliphatic heterocycles. The van der Waals surface area contributed by atoms with Crippen LogP contribution in [0.25, 0.3) is 5.69 Å². The first-order valence-electron chi connectivity index (χ1n) is 9.33. The highest BCUT2D eigenvalue weighted by molar-refractivity contribution is 7.12. The van der Waals surface area contributed by atoms with E-state index in [2.05, 4.69) is 25.7 Å². The highest BCUT2D eigenvalue weighted by atomic mass is 32.1. The topological polar surface area (TPSA) is 119 Å². The van der Waals surface area contributed by atoms with Crippen LogP contribution in [0.3, 0.4) is 0 Å². The van der Waals surface area contributed by atoms with E-state index >= 15 is 0 Å². The average molecular weight is 411 g/mol. The number of carbonyl (C=O) groups excluding carboxylic acids is 2. The van der Waals surface area contributed by atoms with Gasteiger partial charge < -0.3 is 11.1 Å². The molecule has 9 nitrogen and oxygen atoms in total. The van der Waals surface area contributed by atoms with Crippen LogP contribution in [0, 0.1) is 5.92 Å². The second kappa shape index (κ2) is 8.50. The SMILES string of the molecule is NC(=O)C1CCN(Cc2cccc(NC(=O)c3sccc3-n3cnnn3)c2)CC1. The van der Waals surface area contributed by atoms with E-state index in [1.165, 1.54) is 22.3 Å². The minimum absolute atomic E-state index is 0.0166. The third-order valence-corrected chi connectivity index (χ3v) is 5.93. The number of carbonyl (C=O) groups is 2. The van der Waals surface area contributed by atoms with E-state index in [1.807, 2.05) is 35.7 Å². The lowest BCUT2D eigenvalue weighted by Crippen LogP contribution is -2.38. The van der Waals surface area contributed by atoms with E-state index < -0.39 is 0 Å². The number of tetrazole rings is 1. The first-order chi connectivity index (χ1) is 14.1. The van der Waals surface area contributed by atoms with Gasteiger partial charge in [0.15, 0.2) is 0 Å². The van der Waals surface area contributed by atoms with Crippen LogP contribution in [0.1, 0.15) is 28.1 Å². The van der Waals surface area contributed by atoms with Gasteiger partial charge in [0.2, 0.25) is 5.91 Å². The highest BCUT2D eigenvalue weighted by Gasteiger charge is 2.23. The number of likely N-dealkylation sites (tertiary alicyclic amines) is 1. The number of piperidine rings is 1. The van der Waals surface area contributed by atoms with Gasteiger partial charge in [-0.25, -0.2) is 0 Å². The summed E-state index contributed by atoms with van der Waals surface area (Å²) in [7, 11) is 0. The molecule has 0 radical (unpaired) electrons. The van der Waals surface area contributed by atoms with Crippen molar-refractivity contribution in [3.8, 4) is 5.69 Å². The number of benzene rings is 1. The predicted octanol–water partition coefficient (Wildman–Crippen LogP) is 1.67. The van der Waals surface area contributed by atoms with Gasteiger partial charge in [-0.05, 0) is 65.5 Å². The number of nitrogens with two attached hydrogens (primary N) is 1. The number of thiophene rings is 1. The number of nitrogens with zero attached hydrogens (tertiary/aromatic N) is 5. The van der Waals surface area contributed by atoms with Gasteiger partial charge in [0.25, 0.3) is 5.91 Å². The molecule has 4 rings (SSSR count). The van der Waals surface area contributed by atoms with E-state index in [0.717, 1.165) is 43.7 Å². The molecule has 0 aliphatic carbocycles. The summed E-state index contributed by atoms with van der Waals surface area (Å²) in [6.45, 7) is 2.45. The summed E-state index contributed by atoms with van der Waals surface area (Å²) in [6.07, 6.45) is 3.05. The van der Waals surface area contributed by atoms with Crippen molar-refractivity contribution < 1.29 is 9.59 Å². The molecule has 0 unspecified atom stereocenters. The van der Waals surface area contributed by atoms with Crippen LogP contribution >= 0.6 is 11.3 Å². The predicted molar refractivity (Wildman–Crippen MR) is 109 cm³/mol. The van der Waals surface area contributed by atoms with E-state index in [9.17, 15) is 9.59 Å². The Morgan fingerprint density at radius 1 is 1.24 bits per heavy atom. The fourth-order valence-electron chi connectivity index (χ4n) is 3.49. The van der Waals surface area contributed by atoms with Gasteiger partial charge >= 0.3 is 0 Å². The number of primary amides is 1. The molecule has 1 aromatic carbocycles. The second-order valence-electron chi connectivity index (χ2n) is 7.00. The molecule has 29 heavy (non-hydrogen) atoms. The lowest BCUT2D eigenvalue weighted by molar-refractivity contribution is -0.123.